The molecule has 3 rings (SSSR count). The van der Waals surface area contributed by atoms with Gasteiger partial charge in [-0.25, -0.2) is 0 Å². The first-order chi connectivity index (χ1) is 5.15. The van der Waals surface area contributed by atoms with Crippen LogP contribution in [-0.4, -0.2) is 8.92 Å². The second kappa shape index (κ2) is 1.78. The van der Waals surface area contributed by atoms with Crippen LogP contribution in [0.15, 0.2) is 12.2 Å². The molecule has 1 spiro atoms. The molecule has 2 unspecified atom stereocenters. The molecule has 60 valence electrons. The zero-order valence-corrected chi connectivity index (χ0v) is 8.22. The van der Waals surface area contributed by atoms with E-state index in [1.807, 2.05) is 0 Å². The minimum Gasteiger partial charge on any atom is -0.114 e. The van der Waals surface area contributed by atoms with Crippen LogP contribution in [0.4, 0.5) is 0 Å². The standard InChI is InChI=1S/C8H8Cl2S/c9-8(10)5-1-2-6(11-8)7(5)3-4-7/h1-2,5-6H,3-4H2. The summed E-state index contributed by atoms with van der Waals surface area (Å²) in [5.74, 6) is 0.424. The van der Waals surface area contributed by atoms with E-state index in [0.29, 0.717) is 16.6 Å². The third kappa shape index (κ3) is 0.707. The van der Waals surface area contributed by atoms with E-state index >= 15 is 0 Å². The van der Waals surface area contributed by atoms with E-state index in [9.17, 15) is 0 Å². The Bertz CT molecular complexity index is 242. The molecular formula is C8H8Cl2S. The van der Waals surface area contributed by atoms with Gasteiger partial charge in [-0.2, -0.15) is 0 Å². The fraction of sp³-hybridized carbons (Fsp3) is 0.750. The van der Waals surface area contributed by atoms with Gasteiger partial charge in [0.2, 0.25) is 0 Å². The first-order valence-corrected chi connectivity index (χ1v) is 5.53. The maximum absolute atomic E-state index is 6.17. The van der Waals surface area contributed by atoms with Crippen molar-refractivity contribution in [3.63, 3.8) is 0 Å². The van der Waals surface area contributed by atoms with Gasteiger partial charge in [0.1, 0.15) is 0 Å². The van der Waals surface area contributed by atoms with Crippen LogP contribution in [0, 0.1) is 11.3 Å². The smallest absolute Gasteiger partial charge is 0.114 e. The van der Waals surface area contributed by atoms with Crippen LogP contribution in [0.5, 0.6) is 0 Å². The molecule has 1 aliphatic heterocycles. The summed E-state index contributed by atoms with van der Waals surface area (Å²) >= 11 is 14.1. The monoisotopic (exact) mass is 206 g/mol. The quantitative estimate of drug-likeness (QED) is 0.434. The topological polar surface area (TPSA) is 0 Å². The Labute approximate surface area is 80.3 Å². The van der Waals surface area contributed by atoms with Crippen molar-refractivity contribution < 1.29 is 0 Å². The largest absolute Gasteiger partial charge is 0.170 e. The summed E-state index contributed by atoms with van der Waals surface area (Å²) in [5, 5.41) is 0.613. The van der Waals surface area contributed by atoms with Gasteiger partial charge < -0.3 is 0 Å². The highest BCUT2D eigenvalue weighted by Gasteiger charge is 2.68. The van der Waals surface area contributed by atoms with Crippen molar-refractivity contribution in [2.45, 2.75) is 21.8 Å². The summed E-state index contributed by atoms with van der Waals surface area (Å²) in [6, 6.07) is 0. The van der Waals surface area contributed by atoms with Crippen molar-refractivity contribution in [2.75, 3.05) is 0 Å². The number of rotatable bonds is 0. The number of hydrogen-bond donors (Lipinski definition) is 0. The van der Waals surface area contributed by atoms with Crippen molar-refractivity contribution in [1.82, 2.24) is 0 Å². The number of allylic oxidation sites excluding steroid dienone is 1. The van der Waals surface area contributed by atoms with Gasteiger partial charge in [0.05, 0.1) is 0 Å². The molecule has 0 aromatic rings. The first-order valence-electron chi connectivity index (χ1n) is 3.89. The van der Waals surface area contributed by atoms with E-state index < -0.39 is 3.67 Å². The Hall–Kier alpha value is 0.670. The number of thioether (sulfide) groups is 1. The van der Waals surface area contributed by atoms with Crippen LogP contribution in [0.1, 0.15) is 12.8 Å². The van der Waals surface area contributed by atoms with Crippen LogP contribution in [0.3, 0.4) is 0 Å². The lowest BCUT2D eigenvalue weighted by Gasteiger charge is -2.20. The van der Waals surface area contributed by atoms with Gasteiger partial charge in [0, 0.05) is 11.2 Å². The number of halogens is 2. The molecular weight excluding hydrogens is 199 g/mol. The highest BCUT2D eigenvalue weighted by atomic mass is 35.5. The van der Waals surface area contributed by atoms with Gasteiger partial charge in [0.15, 0.2) is 3.67 Å². The van der Waals surface area contributed by atoms with E-state index in [4.69, 9.17) is 23.2 Å². The summed E-state index contributed by atoms with van der Waals surface area (Å²) < 4.78 is -0.518. The Balaban J connectivity index is 2.08. The molecule has 11 heavy (non-hydrogen) atoms. The van der Waals surface area contributed by atoms with E-state index in [2.05, 4.69) is 12.2 Å². The van der Waals surface area contributed by atoms with E-state index in [0.717, 1.165) is 0 Å². The predicted octanol–water partition coefficient (Wildman–Crippen LogP) is 3.20. The van der Waals surface area contributed by atoms with Gasteiger partial charge in [-0.15, -0.1) is 11.8 Å². The molecule has 2 fully saturated rings. The third-order valence-electron chi connectivity index (χ3n) is 3.14. The zero-order chi connectivity index (χ0) is 7.69. The van der Waals surface area contributed by atoms with Gasteiger partial charge in [0.25, 0.3) is 0 Å². The molecule has 1 heterocycles. The molecule has 1 saturated carbocycles. The molecule has 0 aromatic carbocycles. The van der Waals surface area contributed by atoms with Gasteiger partial charge in [-0.1, -0.05) is 35.4 Å². The second-order valence-corrected chi connectivity index (χ2v) is 6.92. The highest BCUT2D eigenvalue weighted by molar-refractivity contribution is 8.04. The van der Waals surface area contributed by atoms with Crippen LogP contribution in [0.2, 0.25) is 0 Å². The molecule has 1 saturated heterocycles. The van der Waals surface area contributed by atoms with E-state index in [1.165, 1.54) is 12.8 Å². The van der Waals surface area contributed by atoms with Crippen molar-refractivity contribution in [3.8, 4) is 0 Å². The average Bonchev–Trinajstić information content (AvgIpc) is 2.54. The Kier molecular flexibility index (Phi) is 1.15. The molecule has 0 nitrogen and oxygen atoms in total. The molecule has 3 heteroatoms. The third-order valence-corrected chi connectivity index (χ3v) is 5.59. The lowest BCUT2D eigenvalue weighted by molar-refractivity contribution is 0.445. The molecule has 2 atom stereocenters. The molecule has 0 amide bonds. The Morgan fingerprint density at radius 1 is 1.27 bits per heavy atom. The van der Waals surface area contributed by atoms with Crippen LogP contribution in [-0.2, 0) is 0 Å². The molecule has 2 bridgehead atoms. The summed E-state index contributed by atoms with van der Waals surface area (Å²) in [6.07, 6.45) is 7.15. The summed E-state index contributed by atoms with van der Waals surface area (Å²) in [6.45, 7) is 0. The maximum Gasteiger partial charge on any atom is 0.170 e. The SMILES string of the molecule is ClC1(Cl)SC2C=CC1C21CC1. The predicted molar refractivity (Wildman–Crippen MR) is 50.1 cm³/mol. The minimum atomic E-state index is -0.518. The molecule has 2 aliphatic carbocycles. The van der Waals surface area contributed by atoms with E-state index in [1.54, 1.807) is 11.8 Å². The number of alkyl halides is 2. The van der Waals surface area contributed by atoms with Crippen molar-refractivity contribution in [2.24, 2.45) is 11.3 Å². The highest BCUT2D eigenvalue weighted by Crippen LogP contribution is 2.75. The fourth-order valence-corrected chi connectivity index (χ4v) is 5.10. The first kappa shape index (κ1) is 7.11. The summed E-state index contributed by atoms with van der Waals surface area (Å²) in [7, 11) is 0. The maximum atomic E-state index is 6.17. The van der Waals surface area contributed by atoms with Crippen LogP contribution in [0.25, 0.3) is 0 Å². The molecule has 0 aromatic heterocycles. The summed E-state index contributed by atoms with van der Waals surface area (Å²) in [4.78, 5) is 0. The minimum absolute atomic E-state index is 0.424. The van der Waals surface area contributed by atoms with Crippen molar-refractivity contribution in [3.05, 3.63) is 12.2 Å². The average molecular weight is 207 g/mol. The summed E-state index contributed by atoms with van der Waals surface area (Å²) in [5.41, 5.74) is 0.494. The molecule has 0 radical (unpaired) electrons. The second-order valence-electron chi connectivity index (χ2n) is 3.70. The van der Waals surface area contributed by atoms with Crippen molar-refractivity contribution >= 4 is 35.0 Å². The van der Waals surface area contributed by atoms with Gasteiger partial charge in [-0.05, 0) is 18.3 Å². The zero-order valence-electron chi connectivity index (χ0n) is 5.89. The lowest BCUT2D eigenvalue weighted by Crippen LogP contribution is -2.19. The van der Waals surface area contributed by atoms with Crippen LogP contribution < -0.4 is 0 Å². The lowest BCUT2D eigenvalue weighted by atomic mass is 9.94. The fourth-order valence-electron chi connectivity index (χ4n) is 2.36. The van der Waals surface area contributed by atoms with Crippen LogP contribution >= 0.6 is 35.0 Å². The number of hydrogen-bond acceptors (Lipinski definition) is 1. The van der Waals surface area contributed by atoms with Gasteiger partial charge >= 0.3 is 0 Å². The Morgan fingerprint density at radius 3 is 2.27 bits per heavy atom. The Morgan fingerprint density at radius 2 is 2.00 bits per heavy atom. The van der Waals surface area contributed by atoms with E-state index in [-0.39, 0.29) is 0 Å². The van der Waals surface area contributed by atoms with Gasteiger partial charge in [-0.3, -0.25) is 0 Å². The molecule has 3 aliphatic rings. The van der Waals surface area contributed by atoms with Crippen molar-refractivity contribution in [1.29, 1.82) is 0 Å². The normalized spacial score (nSPS) is 47.1. The molecule has 0 N–H and O–H groups in total.